The number of rotatable bonds is 8. The Morgan fingerprint density at radius 3 is 2.83 bits per heavy atom. The highest BCUT2D eigenvalue weighted by atomic mass is 35.5. The summed E-state index contributed by atoms with van der Waals surface area (Å²) in [5.74, 6) is 0. The van der Waals surface area contributed by atoms with E-state index in [4.69, 9.17) is 16.3 Å². The van der Waals surface area contributed by atoms with Gasteiger partial charge in [0.2, 0.25) is 0 Å². The smallest absolute Gasteiger partial charge is 0.0462 e. The van der Waals surface area contributed by atoms with Crippen LogP contribution in [0.1, 0.15) is 43.4 Å². The zero-order chi connectivity index (χ0) is 13.4. The Bertz CT molecular complexity index is 354. The van der Waals surface area contributed by atoms with Crippen LogP contribution in [-0.4, -0.2) is 20.3 Å². The van der Waals surface area contributed by atoms with Gasteiger partial charge in [0.25, 0.3) is 0 Å². The summed E-state index contributed by atoms with van der Waals surface area (Å²) in [6.07, 6.45) is 3.28. The third-order valence-electron chi connectivity index (χ3n) is 3.17. The van der Waals surface area contributed by atoms with Gasteiger partial charge in [-0.1, -0.05) is 30.7 Å². The minimum Gasteiger partial charge on any atom is -0.385 e. The SMILES string of the molecule is CCCNC(CCCOC)c1cccc(Cl)c1C. The number of halogens is 1. The summed E-state index contributed by atoms with van der Waals surface area (Å²) in [6.45, 7) is 6.12. The highest BCUT2D eigenvalue weighted by Gasteiger charge is 2.13. The maximum absolute atomic E-state index is 6.20. The van der Waals surface area contributed by atoms with Gasteiger partial charge >= 0.3 is 0 Å². The number of ether oxygens (including phenoxy) is 1. The molecule has 1 rings (SSSR count). The summed E-state index contributed by atoms with van der Waals surface area (Å²) in [5.41, 5.74) is 2.50. The van der Waals surface area contributed by atoms with Gasteiger partial charge in [0.05, 0.1) is 0 Å². The van der Waals surface area contributed by atoms with Crippen LogP contribution in [0.2, 0.25) is 5.02 Å². The highest BCUT2D eigenvalue weighted by molar-refractivity contribution is 6.31. The minimum atomic E-state index is 0.374. The molecule has 1 aromatic rings. The fourth-order valence-electron chi connectivity index (χ4n) is 2.12. The maximum Gasteiger partial charge on any atom is 0.0462 e. The van der Waals surface area contributed by atoms with Gasteiger partial charge in [-0.05, 0) is 49.9 Å². The van der Waals surface area contributed by atoms with Crippen LogP contribution in [-0.2, 0) is 4.74 Å². The van der Waals surface area contributed by atoms with Crippen molar-refractivity contribution in [1.29, 1.82) is 0 Å². The first-order valence-electron chi connectivity index (χ1n) is 6.68. The quantitative estimate of drug-likeness (QED) is 0.717. The van der Waals surface area contributed by atoms with E-state index in [1.807, 2.05) is 12.1 Å². The van der Waals surface area contributed by atoms with Gasteiger partial charge in [-0.3, -0.25) is 0 Å². The van der Waals surface area contributed by atoms with Crippen LogP contribution in [0.15, 0.2) is 18.2 Å². The molecule has 0 heterocycles. The summed E-state index contributed by atoms with van der Waals surface area (Å²) in [7, 11) is 1.75. The number of nitrogens with one attached hydrogen (secondary N) is 1. The molecule has 0 spiro atoms. The average Bonchev–Trinajstić information content (AvgIpc) is 2.37. The molecular weight excluding hydrogens is 246 g/mol. The van der Waals surface area contributed by atoms with Crippen molar-refractivity contribution in [3.63, 3.8) is 0 Å². The van der Waals surface area contributed by atoms with Crippen LogP contribution >= 0.6 is 11.6 Å². The van der Waals surface area contributed by atoms with Gasteiger partial charge in [-0.15, -0.1) is 0 Å². The van der Waals surface area contributed by atoms with E-state index in [2.05, 4.69) is 25.2 Å². The molecule has 0 saturated carbocycles. The van der Waals surface area contributed by atoms with Crippen molar-refractivity contribution in [2.45, 2.75) is 39.2 Å². The molecule has 0 radical (unpaired) electrons. The zero-order valence-electron chi connectivity index (χ0n) is 11.6. The molecule has 102 valence electrons. The van der Waals surface area contributed by atoms with Crippen molar-refractivity contribution in [1.82, 2.24) is 5.32 Å². The number of benzene rings is 1. The minimum absolute atomic E-state index is 0.374. The van der Waals surface area contributed by atoms with Crippen molar-refractivity contribution in [3.8, 4) is 0 Å². The average molecular weight is 270 g/mol. The standard InChI is InChI=1S/C15H24ClNO/c1-4-10-17-15(9-6-11-18-3)13-7-5-8-14(16)12(13)2/h5,7-8,15,17H,4,6,9-11H2,1-3H3. The Hall–Kier alpha value is -0.570. The lowest BCUT2D eigenvalue weighted by atomic mass is 9.97. The van der Waals surface area contributed by atoms with Crippen molar-refractivity contribution in [2.24, 2.45) is 0 Å². The Kier molecular flexibility index (Phi) is 7.33. The van der Waals surface area contributed by atoms with E-state index in [1.54, 1.807) is 7.11 Å². The maximum atomic E-state index is 6.20. The Morgan fingerprint density at radius 2 is 2.17 bits per heavy atom. The molecule has 1 aromatic carbocycles. The predicted molar refractivity (Wildman–Crippen MR) is 78.3 cm³/mol. The molecule has 0 aromatic heterocycles. The third-order valence-corrected chi connectivity index (χ3v) is 3.58. The lowest BCUT2D eigenvalue weighted by molar-refractivity contribution is 0.188. The van der Waals surface area contributed by atoms with E-state index < -0.39 is 0 Å². The van der Waals surface area contributed by atoms with Crippen LogP contribution in [0, 0.1) is 6.92 Å². The van der Waals surface area contributed by atoms with E-state index >= 15 is 0 Å². The second-order valence-corrected chi connectivity index (χ2v) is 5.00. The fraction of sp³-hybridized carbons (Fsp3) is 0.600. The molecule has 1 N–H and O–H groups in total. The van der Waals surface area contributed by atoms with E-state index in [9.17, 15) is 0 Å². The van der Waals surface area contributed by atoms with Crippen molar-refractivity contribution in [3.05, 3.63) is 34.3 Å². The largest absolute Gasteiger partial charge is 0.385 e. The molecule has 0 fully saturated rings. The summed E-state index contributed by atoms with van der Waals surface area (Å²) in [5, 5.41) is 4.45. The highest BCUT2D eigenvalue weighted by Crippen LogP contribution is 2.27. The second-order valence-electron chi connectivity index (χ2n) is 4.60. The molecule has 1 unspecified atom stereocenters. The molecule has 0 aliphatic heterocycles. The van der Waals surface area contributed by atoms with Crippen LogP contribution in [0.4, 0.5) is 0 Å². The molecule has 0 bridgehead atoms. The molecule has 0 saturated heterocycles. The summed E-state index contributed by atoms with van der Waals surface area (Å²) in [4.78, 5) is 0. The van der Waals surface area contributed by atoms with Crippen molar-refractivity contribution in [2.75, 3.05) is 20.3 Å². The monoisotopic (exact) mass is 269 g/mol. The molecule has 0 aliphatic rings. The van der Waals surface area contributed by atoms with Crippen LogP contribution in [0.3, 0.4) is 0 Å². The fourth-order valence-corrected chi connectivity index (χ4v) is 2.30. The predicted octanol–water partition coefficient (Wildman–Crippen LogP) is 4.12. The third kappa shape index (κ3) is 4.60. The topological polar surface area (TPSA) is 21.3 Å². The summed E-state index contributed by atoms with van der Waals surface area (Å²) < 4.78 is 5.13. The van der Waals surface area contributed by atoms with Gasteiger partial charge in [0.15, 0.2) is 0 Å². The molecule has 1 atom stereocenters. The first-order valence-corrected chi connectivity index (χ1v) is 7.05. The number of hydrogen-bond acceptors (Lipinski definition) is 2. The molecule has 2 nitrogen and oxygen atoms in total. The van der Waals surface area contributed by atoms with Gasteiger partial charge in [-0.2, -0.15) is 0 Å². The van der Waals surface area contributed by atoms with Crippen LogP contribution < -0.4 is 5.32 Å². The second kappa shape index (κ2) is 8.52. The molecular formula is C15H24ClNO. The molecule has 0 amide bonds. The van der Waals surface area contributed by atoms with E-state index in [-0.39, 0.29) is 0 Å². The van der Waals surface area contributed by atoms with Gasteiger partial charge < -0.3 is 10.1 Å². The zero-order valence-corrected chi connectivity index (χ0v) is 12.4. The van der Waals surface area contributed by atoms with Crippen LogP contribution in [0.25, 0.3) is 0 Å². The number of hydrogen-bond donors (Lipinski definition) is 1. The first kappa shape index (κ1) is 15.5. The summed E-state index contributed by atoms with van der Waals surface area (Å²) in [6, 6.07) is 6.52. The normalized spacial score (nSPS) is 12.7. The lowest BCUT2D eigenvalue weighted by Crippen LogP contribution is -2.23. The van der Waals surface area contributed by atoms with Crippen LogP contribution in [0.5, 0.6) is 0 Å². The summed E-state index contributed by atoms with van der Waals surface area (Å²) >= 11 is 6.20. The molecule has 0 aliphatic carbocycles. The Labute approximate surface area is 116 Å². The van der Waals surface area contributed by atoms with Gasteiger partial charge in [0.1, 0.15) is 0 Å². The van der Waals surface area contributed by atoms with Crippen molar-refractivity contribution >= 4 is 11.6 Å². The van der Waals surface area contributed by atoms with E-state index in [0.29, 0.717) is 6.04 Å². The number of methoxy groups -OCH3 is 1. The molecule has 3 heteroatoms. The van der Waals surface area contributed by atoms with Gasteiger partial charge in [0, 0.05) is 24.8 Å². The van der Waals surface area contributed by atoms with Gasteiger partial charge in [-0.25, -0.2) is 0 Å². The molecule has 18 heavy (non-hydrogen) atoms. The van der Waals surface area contributed by atoms with Crippen molar-refractivity contribution < 1.29 is 4.74 Å². The Morgan fingerprint density at radius 1 is 1.39 bits per heavy atom. The lowest BCUT2D eigenvalue weighted by Gasteiger charge is -2.21. The van der Waals surface area contributed by atoms with E-state index in [1.165, 1.54) is 11.1 Å². The Balaban J connectivity index is 2.76. The van der Waals surface area contributed by atoms with E-state index in [0.717, 1.165) is 37.4 Å². The first-order chi connectivity index (χ1) is 8.70.